The number of hydrogen-bond donors (Lipinski definition) is 2. The predicted molar refractivity (Wildman–Crippen MR) is 75.6 cm³/mol. The van der Waals surface area contributed by atoms with Crippen molar-refractivity contribution < 1.29 is 19.4 Å². The van der Waals surface area contributed by atoms with Crippen LogP contribution in [-0.2, 0) is 9.53 Å². The van der Waals surface area contributed by atoms with Gasteiger partial charge in [0.05, 0.1) is 12.7 Å². The molecular weight excluding hydrogens is 260 g/mol. The van der Waals surface area contributed by atoms with Crippen molar-refractivity contribution in [2.45, 2.75) is 39.7 Å². The molecule has 0 saturated carbocycles. The van der Waals surface area contributed by atoms with Crippen LogP contribution in [-0.4, -0.2) is 54.4 Å². The van der Waals surface area contributed by atoms with Gasteiger partial charge in [-0.2, -0.15) is 0 Å². The van der Waals surface area contributed by atoms with Crippen molar-refractivity contribution in [3.8, 4) is 0 Å². The zero-order chi connectivity index (χ0) is 15.1. The molecule has 1 rings (SSSR count). The Morgan fingerprint density at radius 2 is 2.15 bits per heavy atom. The van der Waals surface area contributed by atoms with Gasteiger partial charge in [0.15, 0.2) is 0 Å². The van der Waals surface area contributed by atoms with Gasteiger partial charge in [-0.25, -0.2) is 4.79 Å². The fourth-order valence-corrected chi connectivity index (χ4v) is 2.50. The van der Waals surface area contributed by atoms with Crippen molar-refractivity contribution in [1.82, 2.24) is 10.2 Å². The number of ether oxygens (including phenoxy) is 1. The number of carbonyl (C=O) groups excluding carboxylic acids is 1. The molecule has 1 aliphatic rings. The molecular formula is C14H26N2O4. The number of aliphatic carboxylic acids is 1. The van der Waals surface area contributed by atoms with E-state index in [4.69, 9.17) is 9.84 Å². The van der Waals surface area contributed by atoms with Crippen molar-refractivity contribution >= 4 is 12.0 Å². The summed E-state index contributed by atoms with van der Waals surface area (Å²) in [6, 6.07) is -0.126. The van der Waals surface area contributed by atoms with Crippen LogP contribution in [0.4, 0.5) is 4.79 Å². The molecule has 2 amide bonds. The highest BCUT2D eigenvalue weighted by atomic mass is 16.5. The molecule has 0 radical (unpaired) electrons. The van der Waals surface area contributed by atoms with E-state index in [-0.39, 0.29) is 24.5 Å². The maximum absolute atomic E-state index is 12.0. The lowest BCUT2D eigenvalue weighted by atomic mass is 9.94. The lowest BCUT2D eigenvalue weighted by Gasteiger charge is -2.31. The molecule has 0 aromatic rings. The molecule has 0 bridgehead atoms. The molecule has 6 nitrogen and oxygen atoms in total. The highest BCUT2D eigenvalue weighted by Crippen LogP contribution is 2.15. The molecule has 2 unspecified atom stereocenters. The third-order valence-electron chi connectivity index (χ3n) is 3.34. The third-order valence-corrected chi connectivity index (χ3v) is 3.34. The molecule has 6 heteroatoms. The van der Waals surface area contributed by atoms with Gasteiger partial charge in [0.1, 0.15) is 0 Å². The van der Waals surface area contributed by atoms with E-state index in [1.807, 2.05) is 6.92 Å². The standard InChI is InChI=1S/C14H26N2O4/c1-10(2)6-12(7-13(17)18)8-15-14(19)16-4-5-20-11(3)9-16/h10-12H,4-9H2,1-3H3,(H,15,19)(H,17,18). The third kappa shape index (κ3) is 6.23. The second kappa shape index (κ2) is 8.09. The van der Waals surface area contributed by atoms with Gasteiger partial charge in [-0.3, -0.25) is 4.79 Å². The summed E-state index contributed by atoms with van der Waals surface area (Å²) < 4.78 is 5.39. The van der Waals surface area contributed by atoms with Gasteiger partial charge in [-0.15, -0.1) is 0 Å². The van der Waals surface area contributed by atoms with Crippen molar-refractivity contribution in [2.24, 2.45) is 11.8 Å². The minimum absolute atomic E-state index is 0.0186. The van der Waals surface area contributed by atoms with Gasteiger partial charge in [0.2, 0.25) is 0 Å². The summed E-state index contributed by atoms with van der Waals surface area (Å²) in [7, 11) is 0. The number of nitrogens with one attached hydrogen (secondary N) is 1. The van der Waals surface area contributed by atoms with Crippen LogP contribution in [0.15, 0.2) is 0 Å². The minimum atomic E-state index is -0.815. The van der Waals surface area contributed by atoms with E-state index >= 15 is 0 Å². The molecule has 1 aliphatic heterocycles. The Morgan fingerprint density at radius 3 is 2.70 bits per heavy atom. The molecule has 0 spiro atoms. The first-order valence-electron chi connectivity index (χ1n) is 7.24. The summed E-state index contributed by atoms with van der Waals surface area (Å²) in [4.78, 5) is 24.6. The van der Waals surface area contributed by atoms with E-state index in [2.05, 4.69) is 19.2 Å². The van der Waals surface area contributed by atoms with Crippen LogP contribution in [0.5, 0.6) is 0 Å². The van der Waals surface area contributed by atoms with Gasteiger partial charge in [-0.05, 0) is 25.2 Å². The van der Waals surface area contributed by atoms with E-state index in [0.717, 1.165) is 6.42 Å². The Morgan fingerprint density at radius 1 is 1.45 bits per heavy atom. The quantitative estimate of drug-likeness (QED) is 0.776. The smallest absolute Gasteiger partial charge is 0.317 e. The number of carbonyl (C=O) groups is 2. The van der Waals surface area contributed by atoms with Gasteiger partial charge in [-0.1, -0.05) is 13.8 Å². The van der Waals surface area contributed by atoms with Crippen LogP contribution in [0.1, 0.15) is 33.6 Å². The van der Waals surface area contributed by atoms with E-state index in [1.165, 1.54) is 0 Å². The maximum Gasteiger partial charge on any atom is 0.317 e. The Kier molecular flexibility index (Phi) is 6.78. The highest BCUT2D eigenvalue weighted by Gasteiger charge is 2.22. The molecule has 116 valence electrons. The lowest BCUT2D eigenvalue weighted by molar-refractivity contribution is -0.138. The number of amides is 2. The number of hydrogen-bond acceptors (Lipinski definition) is 3. The number of nitrogens with zero attached hydrogens (tertiary/aromatic N) is 1. The lowest BCUT2D eigenvalue weighted by Crippen LogP contribution is -2.49. The van der Waals surface area contributed by atoms with Crippen molar-refractivity contribution in [2.75, 3.05) is 26.2 Å². The summed E-state index contributed by atoms with van der Waals surface area (Å²) in [5.74, 6) is -0.417. The summed E-state index contributed by atoms with van der Waals surface area (Å²) in [5, 5.41) is 11.8. The zero-order valence-electron chi connectivity index (χ0n) is 12.6. The second-order valence-corrected chi connectivity index (χ2v) is 5.91. The summed E-state index contributed by atoms with van der Waals surface area (Å²) >= 11 is 0. The first kappa shape index (κ1) is 16.8. The van der Waals surface area contributed by atoms with Gasteiger partial charge < -0.3 is 20.1 Å². The number of morpholine rings is 1. The first-order chi connectivity index (χ1) is 9.38. The molecule has 2 atom stereocenters. The minimum Gasteiger partial charge on any atom is -0.481 e. The average Bonchev–Trinajstić information content (AvgIpc) is 2.34. The normalized spacial score (nSPS) is 20.8. The molecule has 1 heterocycles. The number of rotatable bonds is 6. The Bertz CT molecular complexity index is 333. The van der Waals surface area contributed by atoms with Crippen molar-refractivity contribution in [3.05, 3.63) is 0 Å². The van der Waals surface area contributed by atoms with Crippen molar-refractivity contribution in [3.63, 3.8) is 0 Å². The van der Waals surface area contributed by atoms with Gasteiger partial charge in [0.25, 0.3) is 0 Å². The molecule has 20 heavy (non-hydrogen) atoms. The summed E-state index contributed by atoms with van der Waals surface area (Å²) in [6.07, 6.45) is 0.948. The molecule has 1 saturated heterocycles. The largest absolute Gasteiger partial charge is 0.481 e. The molecule has 2 N–H and O–H groups in total. The molecule has 0 aliphatic carbocycles. The van der Waals surface area contributed by atoms with Crippen LogP contribution >= 0.6 is 0 Å². The average molecular weight is 286 g/mol. The highest BCUT2D eigenvalue weighted by molar-refractivity contribution is 5.74. The predicted octanol–water partition coefficient (Wildman–Crippen LogP) is 1.55. The molecule has 0 aromatic carbocycles. The summed E-state index contributed by atoms with van der Waals surface area (Å²) in [5.41, 5.74) is 0. The number of urea groups is 1. The monoisotopic (exact) mass is 286 g/mol. The van der Waals surface area contributed by atoms with E-state index in [0.29, 0.717) is 32.2 Å². The van der Waals surface area contributed by atoms with Crippen LogP contribution in [0.25, 0.3) is 0 Å². The SMILES string of the molecule is CC(C)CC(CNC(=O)N1CCOC(C)C1)CC(=O)O. The van der Waals surface area contributed by atoms with Crippen LogP contribution in [0, 0.1) is 11.8 Å². The maximum atomic E-state index is 12.0. The van der Waals surface area contributed by atoms with Gasteiger partial charge >= 0.3 is 12.0 Å². The van der Waals surface area contributed by atoms with Crippen molar-refractivity contribution in [1.29, 1.82) is 0 Å². The van der Waals surface area contributed by atoms with Gasteiger partial charge in [0, 0.05) is 26.1 Å². The summed E-state index contributed by atoms with van der Waals surface area (Å²) in [6.45, 7) is 8.18. The Balaban J connectivity index is 2.40. The number of carboxylic acid groups (broad SMARTS) is 1. The molecule has 1 fully saturated rings. The number of carboxylic acids is 1. The Labute approximate surface area is 120 Å². The fraction of sp³-hybridized carbons (Fsp3) is 0.857. The first-order valence-corrected chi connectivity index (χ1v) is 7.24. The second-order valence-electron chi connectivity index (χ2n) is 5.91. The fourth-order valence-electron chi connectivity index (χ4n) is 2.50. The topological polar surface area (TPSA) is 78.9 Å². The Hall–Kier alpha value is -1.30. The zero-order valence-corrected chi connectivity index (χ0v) is 12.6. The van der Waals surface area contributed by atoms with E-state index in [1.54, 1.807) is 4.90 Å². The van der Waals surface area contributed by atoms with E-state index < -0.39 is 5.97 Å². The van der Waals surface area contributed by atoms with Crippen LogP contribution in [0.2, 0.25) is 0 Å². The van der Waals surface area contributed by atoms with E-state index in [9.17, 15) is 9.59 Å². The van der Waals surface area contributed by atoms with Crippen LogP contribution < -0.4 is 5.32 Å². The molecule has 0 aromatic heterocycles. The van der Waals surface area contributed by atoms with Crippen LogP contribution in [0.3, 0.4) is 0 Å².